The fourth-order valence-electron chi connectivity index (χ4n) is 4.05. The van der Waals surface area contributed by atoms with Gasteiger partial charge in [0, 0.05) is 17.4 Å². The van der Waals surface area contributed by atoms with Crippen molar-refractivity contribution in [3.05, 3.63) is 34.9 Å². The lowest BCUT2D eigenvalue weighted by molar-refractivity contribution is 0.00753. The first kappa shape index (κ1) is 17.9. The molecule has 3 rings (SSSR count). The smallest absolute Gasteiger partial charge is 0.127 e. The van der Waals surface area contributed by atoms with E-state index in [1.54, 1.807) is 0 Å². The van der Waals surface area contributed by atoms with Crippen LogP contribution in [0.3, 0.4) is 0 Å². The lowest BCUT2D eigenvalue weighted by Crippen LogP contribution is -2.45. The Labute approximate surface area is 141 Å². The summed E-state index contributed by atoms with van der Waals surface area (Å²) in [6, 6.07) is 4.08. The van der Waals surface area contributed by atoms with Gasteiger partial charge in [0.05, 0.1) is 0 Å². The summed E-state index contributed by atoms with van der Waals surface area (Å²) in [6.45, 7) is 12.7. The Bertz CT molecular complexity index is 584. The van der Waals surface area contributed by atoms with E-state index < -0.39 is 0 Å². The van der Waals surface area contributed by atoms with Gasteiger partial charge in [0.1, 0.15) is 17.1 Å². The van der Waals surface area contributed by atoms with Gasteiger partial charge in [-0.25, -0.2) is 0 Å². The molecule has 0 aromatic heterocycles. The van der Waals surface area contributed by atoms with Crippen molar-refractivity contribution < 1.29 is 9.84 Å². The maximum absolute atomic E-state index is 10.6. The average Bonchev–Trinajstić information content (AvgIpc) is 2.48. The normalized spacial score (nSPS) is 24.3. The highest BCUT2D eigenvalue weighted by Gasteiger charge is 2.45. The number of hydrogen-bond donors (Lipinski definition) is 1. The first-order valence-corrected chi connectivity index (χ1v) is 9.12. The number of allylic oxidation sites excluding steroid dienone is 2. The molecule has 1 aliphatic carbocycles. The van der Waals surface area contributed by atoms with E-state index in [2.05, 4.69) is 39.8 Å². The fourth-order valence-corrected chi connectivity index (χ4v) is 4.05. The van der Waals surface area contributed by atoms with Gasteiger partial charge < -0.3 is 9.84 Å². The third-order valence-electron chi connectivity index (χ3n) is 5.10. The summed E-state index contributed by atoms with van der Waals surface area (Å²) >= 11 is 0. The number of rotatable bonds is 2. The van der Waals surface area contributed by atoms with Crippen molar-refractivity contribution in [1.82, 2.24) is 0 Å². The van der Waals surface area contributed by atoms with Crippen molar-refractivity contribution in [3.8, 4) is 11.5 Å². The molecule has 0 bridgehead atoms. The molecule has 0 radical (unpaired) electrons. The minimum Gasteiger partial charge on any atom is -0.508 e. The van der Waals surface area contributed by atoms with Crippen LogP contribution < -0.4 is 4.74 Å². The largest absolute Gasteiger partial charge is 0.508 e. The Morgan fingerprint density at radius 3 is 2.61 bits per heavy atom. The van der Waals surface area contributed by atoms with Gasteiger partial charge in [-0.3, -0.25) is 0 Å². The van der Waals surface area contributed by atoms with Crippen molar-refractivity contribution in [2.45, 2.75) is 78.7 Å². The molecule has 2 nitrogen and oxygen atoms in total. The summed E-state index contributed by atoms with van der Waals surface area (Å²) < 4.78 is 6.30. The van der Waals surface area contributed by atoms with E-state index in [9.17, 15) is 5.11 Å². The number of aryl methyl sites for hydroxylation is 1. The van der Waals surface area contributed by atoms with Gasteiger partial charge in [-0.05, 0) is 57.7 Å². The van der Waals surface area contributed by atoms with Crippen LogP contribution in [0, 0.1) is 5.92 Å². The molecule has 0 amide bonds. The summed E-state index contributed by atoms with van der Waals surface area (Å²) in [5.74, 6) is 2.15. The molecule has 1 aliphatic heterocycles. The lowest BCUT2D eigenvalue weighted by atomic mass is 9.67. The molecule has 1 N–H and O–H groups in total. The van der Waals surface area contributed by atoms with E-state index in [4.69, 9.17) is 4.74 Å². The van der Waals surface area contributed by atoms with E-state index in [1.807, 2.05) is 19.9 Å². The second-order valence-electron chi connectivity index (χ2n) is 7.19. The van der Waals surface area contributed by atoms with Crippen molar-refractivity contribution >= 4 is 0 Å². The van der Waals surface area contributed by atoms with E-state index in [0.29, 0.717) is 17.6 Å². The molecule has 23 heavy (non-hydrogen) atoms. The van der Waals surface area contributed by atoms with E-state index in [-0.39, 0.29) is 5.60 Å². The Kier molecular flexibility index (Phi) is 5.44. The summed E-state index contributed by atoms with van der Waals surface area (Å²) in [4.78, 5) is 0. The topological polar surface area (TPSA) is 29.5 Å². The first-order valence-electron chi connectivity index (χ1n) is 9.12. The molecule has 0 spiro atoms. The molecule has 1 heterocycles. The van der Waals surface area contributed by atoms with E-state index >= 15 is 0 Å². The van der Waals surface area contributed by atoms with Crippen molar-refractivity contribution in [3.63, 3.8) is 0 Å². The zero-order chi connectivity index (χ0) is 17.2. The van der Waals surface area contributed by atoms with Gasteiger partial charge in [-0.1, -0.05) is 38.8 Å². The second-order valence-corrected chi connectivity index (χ2v) is 7.19. The highest BCUT2D eigenvalue weighted by molar-refractivity contribution is 5.52. The standard InChI is InChI=1S/C19H26O2.C2H6/c1-5-6-13-10-16(20)18-14-9-12(2)7-8-15(14)19(3,4)21-17(18)11-13;1-2/h7,10-11,14-15,20H,5-6,8-9H2,1-4H3;1-2H3/t14?,15-;/m1./s1. The Balaban J connectivity index is 0.000000924. The number of aromatic hydroxyl groups is 1. The monoisotopic (exact) mass is 316 g/mol. The fraction of sp³-hybridized carbons (Fsp3) is 0.619. The van der Waals surface area contributed by atoms with Gasteiger partial charge in [-0.2, -0.15) is 0 Å². The predicted octanol–water partition coefficient (Wildman–Crippen LogP) is 5.98. The van der Waals surface area contributed by atoms with E-state index in [0.717, 1.165) is 37.0 Å². The van der Waals surface area contributed by atoms with Crippen LogP contribution in [-0.2, 0) is 6.42 Å². The average molecular weight is 316 g/mol. The zero-order valence-corrected chi connectivity index (χ0v) is 15.6. The summed E-state index contributed by atoms with van der Waals surface area (Å²) in [7, 11) is 0. The summed E-state index contributed by atoms with van der Waals surface area (Å²) in [5.41, 5.74) is 3.46. The molecule has 1 aromatic carbocycles. The van der Waals surface area contributed by atoms with Crippen LogP contribution in [0.2, 0.25) is 0 Å². The molecule has 0 saturated heterocycles. The van der Waals surface area contributed by atoms with Crippen LogP contribution >= 0.6 is 0 Å². The number of hydrogen-bond acceptors (Lipinski definition) is 2. The number of fused-ring (bicyclic) bond motifs is 3. The molecule has 1 aromatic rings. The molecule has 2 aliphatic rings. The maximum Gasteiger partial charge on any atom is 0.127 e. The van der Waals surface area contributed by atoms with Crippen molar-refractivity contribution in [2.75, 3.05) is 0 Å². The molecule has 0 saturated carbocycles. The summed E-state index contributed by atoms with van der Waals surface area (Å²) in [6.07, 6.45) is 6.47. The minimum absolute atomic E-state index is 0.174. The van der Waals surface area contributed by atoms with Crippen LogP contribution in [0.4, 0.5) is 0 Å². The summed E-state index contributed by atoms with van der Waals surface area (Å²) in [5, 5.41) is 10.6. The van der Waals surface area contributed by atoms with Crippen LogP contribution in [0.1, 0.15) is 77.8 Å². The van der Waals surface area contributed by atoms with E-state index in [1.165, 1.54) is 11.1 Å². The molecule has 2 heteroatoms. The molecular weight excluding hydrogens is 284 g/mol. The highest BCUT2D eigenvalue weighted by atomic mass is 16.5. The SMILES string of the molecule is CC.CCCc1cc(O)c2c(c1)OC(C)(C)[C@@H]1CC=C(C)CC21. The number of benzene rings is 1. The zero-order valence-electron chi connectivity index (χ0n) is 15.6. The van der Waals surface area contributed by atoms with Crippen LogP contribution in [0.25, 0.3) is 0 Å². The van der Waals surface area contributed by atoms with Crippen molar-refractivity contribution in [1.29, 1.82) is 0 Å². The Hall–Kier alpha value is -1.44. The van der Waals surface area contributed by atoms with Crippen LogP contribution in [0.5, 0.6) is 11.5 Å². The van der Waals surface area contributed by atoms with Gasteiger partial charge in [0.15, 0.2) is 0 Å². The third-order valence-corrected chi connectivity index (χ3v) is 5.10. The van der Waals surface area contributed by atoms with Gasteiger partial charge >= 0.3 is 0 Å². The lowest BCUT2D eigenvalue weighted by Gasteiger charge is -2.47. The van der Waals surface area contributed by atoms with Gasteiger partial charge in [0.25, 0.3) is 0 Å². The van der Waals surface area contributed by atoms with Crippen LogP contribution in [0.15, 0.2) is 23.8 Å². The van der Waals surface area contributed by atoms with Crippen LogP contribution in [-0.4, -0.2) is 10.7 Å². The molecular formula is C21H32O2. The molecule has 0 fully saturated rings. The first-order chi connectivity index (χ1) is 10.9. The highest BCUT2D eigenvalue weighted by Crippen LogP contribution is 2.54. The molecule has 128 valence electrons. The molecule has 2 atom stereocenters. The second kappa shape index (κ2) is 6.98. The third kappa shape index (κ3) is 3.41. The quantitative estimate of drug-likeness (QED) is 0.680. The van der Waals surface area contributed by atoms with Gasteiger partial charge in [0.2, 0.25) is 0 Å². The number of phenolic OH excluding ortho intramolecular Hbond substituents is 1. The number of ether oxygens (including phenoxy) is 1. The Morgan fingerprint density at radius 1 is 1.26 bits per heavy atom. The Morgan fingerprint density at radius 2 is 1.96 bits per heavy atom. The predicted molar refractivity (Wildman–Crippen MR) is 97.4 cm³/mol. The minimum atomic E-state index is -0.174. The molecule has 1 unspecified atom stereocenters. The van der Waals surface area contributed by atoms with Crippen molar-refractivity contribution in [2.24, 2.45) is 5.92 Å². The number of phenols is 1. The van der Waals surface area contributed by atoms with Gasteiger partial charge in [-0.15, -0.1) is 0 Å². The maximum atomic E-state index is 10.6.